The normalized spacial score (nSPS) is 10.3. The fourth-order valence-corrected chi connectivity index (χ4v) is 2.71. The monoisotopic (exact) mass is 262 g/mol. The van der Waals surface area contributed by atoms with Crippen molar-refractivity contribution < 1.29 is 113 Å². The van der Waals surface area contributed by atoms with Crippen molar-refractivity contribution in [3.05, 3.63) is 0 Å². The summed E-state index contributed by atoms with van der Waals surface area (Å²) in [6, 6.07) is 0. The van der Waals surface area contributed by atoms with Crippen LogP contribution in [0, 0.1) is 5.92 Å². The van der Waals surface area contributed by atoms with Crippen LogP contribution in [0.1, 0.15) is 13.8 Å². The first-order chi connectivity index (χ1) is 3.92. The first kappa shape index (κ1) is 20.6. The van der Waals surface area contributed by atoms with E-state index in [9.17, 15) is 9.79 Å². The summed E-state index contributed by atoms with van der Waals surface area (Å²) in [7, 11) is 0. The smallest absolute Gasteiger partial charge is 0.825 e. The molecule has 0 saturated heterocycles. The van der Waals surface area contributed by atoms with E-state index in [2.05, 4.69) is 11.8 Å². The van der Waals surface area contributed by atoms with Crippen LogP contribution >= 0.6 is 17.1 Å². The Labute approximate surface area is 162 Å². The van der Waals surface area contributed by atoms with Crippen molar-refractivity contribution >= 4 is 28.9 Å². The van der Waals surface area contributed by atoms with E-state index in [-0.39, 0.29) is 103 Å². The molecule has 2 nitrogen and oxygen atoms in total. The Morgan fingerprint density at radius 2 is 1.73 bits per heavy atom. The molecule has 0 rings (SSSR count). The summed E-state index contributed by atoms with van der Waals surface area (Å²) in [5.74, 6) is 0.991. The van der Waals surface area contributed by atoms with E-state index in [0.717, 1.165) is 11.4 Å². The second kappa shape index (κ2) is 10.7. The molecule has 0 spiro atoms. The van der Waals surface area contributed by atoms with Crippen LogP contribution in [0.3, 0.4) is 0 Å². The van der Waals surface area contributed by atoms with Crippen molar-refractivity contribution in [3.8, 4) is 0 Å². The number of hydrogen-bond donors (Lipinski definition) is 0. The van der Waals surface area contributed by atoms with Gasteiger partial charge in [0, 0.05) is 0 Å². The van der Waals surface area contributed by atoms with E-state index in [1.54, 1.807) is 0 Å². The average Bonchev–Trinajstić information content (AvgIpc) is 1.59. The van der Waals surface area contributed by atoms with Crippen molar-refractivity contribution in [2.45, 2.75) is 13.8 Å². The standard InChI is InChI=1S/C4H11O2PS2.2K/c1-4(2)3-9-7(5,6)8;;/h4H,3H2,1-2H3,(H2,5,6,8);;/q;2*+1/p-2. The molecule has 0 fully saturated rings. The molecule has 0 N–H and O–H groups in total. The molecular formula is C4H9K2O2PS2. The third-order valence-corrected chi connectivity index (χ3v) is 4.04. The molecule has 0 bridgehead atoms. The molecule has 0 atom stereocenters. The Balaban J connectivity index is -0.000000320. The van der Waals surface area contributed by atoms with Crippen LogP contribution in [0.15, 0.2) is 0 Å². The summed E-state index contributed by atoms with van der Waals surface area (Å²) in [6.45, 7) is 3.91. The Kier molecular flexibility index (Phi) is 20.0. The molecule has 0 aromatic carbocycles. The third-order valence-electron chi connectivity index (χ3n) is 0.566. The van der Waals surface area contributed by atoms with Crippen molar-refractivity contribution in [2.75, 3.05) is 5.75 Å². The fourth-order valence-electron chi connectivity index (χ4n) is 0.240. The van der Waals surface area contributed by atoms with Crippen molar-refractivity contribution in [1.82, 2.24) is 0 Å². The number of hydrogen-bond acceptors (Lipinski definition) is 4. The van der Waals surface area contributed by atoms with Crippen LogP contribution in [0.25, 0.3) is 0 Å². The summed E-state index contributed by atoms with van der Waals surface area (Å²) in [6.07, 6.45) is 0. The molecule has 0 radical (unpaired) electrons. The molecule has 7 heteroatoms. The molecule has 0 aliphatic carbocycles. The maximum absolute atomic E-state index is 10.3. The van der Waals surface area contributed by atoms with Gasteiger partial charge < -0.3 is 9.79 Å². The summed E-state index contributed by atoms with van der Waals surface area (Å²) in [4.78, 5) is 20.7. The van der Waals surface area contributed by atoms with Gasteiger partial charge in [-0.05, 0) is 11.7 Å². The first-order valence-corrected chi connectivity index (χ1v) is 6.81. The maximum atomic E-state index is 10.3. The van der Waals surface area contributed by atoms with E-state index in [1.165, 1.54) is 0 Å². The first-order valence-electron chi connectivity index (χ1n) is 2.58. The Hall–Kier alpha value is 4.19. The van der Waals surface area contributed by atoms with Crippen molar-refractivity contribution in [1.29, 1.82) is 0 Å². The minimum atomic E-state index is -3.47. The Bertz CT molecular complexity index is 127. The quantitative estimate of drug-likeness (QED) is 0.376. The van der Waals surface area contributed by atoms with Crippen LogP contribution in [0.5, 0.6) is 0 Å². The summed E-state index contributed by atoms with van der Waals surface area (Å²) in [5, 5.41) is 0. The van der Waals surface area contributed by atoms with E-state index in [4.69, 9.17) is 0 Å². The van der Waals surface area contributed by atoms with E-state index in [0.29, 0.717) is 11.7 Å². The van der Waals surface area contributed by atoms with Gasteiger partial charge in [-0.25, -0.2) is 0 Å². The molecule has 0 heterocycles. The van der Waals surface area contributed by atoms with Crippen LogP contribution in [-0.4, -0.2) is 5.75 Å². The van der Waals surface area contributed by atoms with Crippen LogP contribution in [-0.2, 0) is 11.8 Å². The molecule has 0 aliphatic rings. The molecular weight excluding hydrogens is 253 g/mol. The minimum Gasteiger partial charge on any atom is -0.825 e. The van der Waals surface area contributed by atoms with Gasteiger partial charge in [0.05, 0.1) is 0 Å². The van der Waals surface area contributed by atoms with Gasteiger partial charge in [-0.3, -0.25) is 0 Å². The van der Waals surface area contributed by atoms with Gasteiger partial charge in [0.1, 0.15) is 0 Å². The van der Waals surface area contributed by atoms with Gasteiger partial charge in [0.2, 0.25) is 0 Å². The molecule has 0 amide bonds. The number of rotatable bonds is 3. The van der Waals surface area contributed by atoms with Gasteiger partial charge in [0.25, 0.3) is 0 Å². The zero-order valence-corrected chi connectivity index (χ0v) is 16.1. The van der Waals surface area contributed by atoms with Crippen LogP contribution < -0.4 is 113 Å². The third kappa shape index (κ3) is 20.3. The van der Waals surface area contributed by atoms with Crippen molar-refractivity contribution in [2.24, 2.45) is 5.92 Å². The Morgan fingerprint density at radius 3 is 1.82 bits per heavy atom. The largest absolute Gasteiger partial charge is 1.00 e. The summed E-state index contributed by atoms with van der Waals surface area (Å²) in [5.41, 5.74) is -3.47. The van der Waals surface area contributed by atoms with Gasteiger partial charge in [0.15, 0.2) is 0 Å². The topological polar surface area (TPSA) is 46.1 Å². The van der Waals surface area contributed by atoms with E-state index >= 15 is 0 Å². The predicted octanol–water partition coefficient (Wildman–Crippen LogP) is -5.67. The fraction of sp³-hybridized carbons (Fsp3) is 1.00. The van der Waals surface area contributed by atoms with Gasteiger partial charge >= 0.3 is 103 Å². The van der Waals surface area contributed by atoms with Gasteiger partial charge in [-0.2, -0.15) is 17.1 Å². The predicted molar refractivity (Wildman–Crippen MR) is 41.6 cm³/mol. The molecule has 11 heavy (non-hydrogen) atoms. The SMILES string of the molecule is CC(C)CSP([O-])([O-])=S.[K+].[K+]. The van der Waals surface area contributed by atoms with Gasteiger partial charge in [-0.1, -0.05) is 13.8 Å². The van der Waals surface area contributed by atoms with E-state index < -0.39 is 5.69 Å². The molecule has 0 saturated carbocycles. The van der Waals surface area contributed by atoms with Crippen LogP contribution in [0.2, 0.25) is 0 Å². The molecule has 0 aromatic rings. The minimum absolute atomic E-state index is 0. The van der Waals surface area contributed by atoms with Crippen LogP contribution in [0.4, 0.5) is 0 Å². The molecule has 0 unspecified atom stereocenters. The summed E-state index contributed by atoms with van der Waals surface area (Å²) >= 11 is 5.02. The Morgan fingerprint density at radius 1 is 1.36 bits per heavy atom. The molecule has 0 aliphatic heterocycles. The average molecular weight is 262 g/mol. The van der Waals surface area contributed by atoms with Crippen molar-refractivity contribution in [3.63, 3.8) is 0 Å². The second-order valence-electron chi connectivity index (χ2n) is 2.14. The van der Waals surface area contributed by atoms with Gasteiger partial charge in [-0.15, -0.1) is 11.8 Å². The molecule has 56 valence electrons. The van der Waals surface area contributed by atoms with E-state index in [1.807, 2.05) is 13.8 Å². The maximum Gasteiger partial charge on any atom is 1.00 e. The zero-order valence-electron chi connectivity index (χ0n) is 7.36. The zero-order chi connectivity index (χ0) is 7.49. The summed E-state index contributed by atoms with van der Waals surface area (Å²) < 4.78 is 0. The second-order valence-corrected chi connectivity index (χ2v) is 7.98. The molecule has 0 aromatic heterocycles.